The van der Waals surface area contributed by atoms with Crippen LogP contribution in [-0.4, -0.2) is 24.3 Å². The Balaban J connectivity index is 2.64. The maximum Gasteiger partial charge on any atom is 0.342 e. The van der Waals surface area contributed by atoms with Gasteiger partial charge in [-0.3, -0.25) is 4.79 Å². The van der Waals surface area contributed by atoms with Crippen molar-refractivity contribution < 1.29 is 19.1 Å². The number of carbonyl (C=O) groups is 3. The molecule has 0 spiro atoms. The zero-order valence-corrected chi connectivity index (χ0v) is 7.83. The van der Waals surface area contributed by atoms with Crippen LogP contribution in [0.3, 0.4) is 0 Å². The number of carbonyl (C=O) groups excluding carboxylic acids is 3. The van der Waals surface area contributed by atoms with E-state index in [0.717, 1.165) is 0 Å². The smallest absolute Gasteiger partial charge is 0.342 e. The van der Waals surface area contributed by atoms with Crippen LogP contribution in [0.2, 0.25) is 0 Å². The van der Waals surface area contributed by atoms with E-state index in [0.29, 0.717) is 5.57 Å². The monoisotopic (exact) mass is 197 g/mol. The highest BCUT2D eigenvalue weighted by atomic mass is 16.6. The first-order chi connectivity index (χ1) is 6.56. The Morgan fingerprint density at radius 2 is 2.00 bits per heavy atom. The molecule has 0 fully saturated rings. The maximum absolute atomic E-state index is 11.1. The van der Waals surface area contributed by atoms with Gasteiger partial charge in [0, 0.05) is 17.6 Å². The molecule has 0 saturated carbocycles. The minimum atomic E-state index is -0.641. The number of nitrogens with two attached hydrogens (primary N) is 1. The highest BCUT2D eigenvalue weighted by molar-refractivity contribution is 6.12. The summed E-state index contributed by atoms with van der Waals surface area (Å²) in [5.41, 5.74) is 5.68. The van der Waals surface area contributed by atoms with E-state index in [2.05, 4.69) is 4.74 Å². The van der Waals surface area contributed by atoms with Crippen molar-refractivity contribution in [2.75, 3.05) is 6.54 Å². The molecule has 2 N–H and O–H groups in total. The SMILES string of the molecule is CC1=C(CCC(=O)CN)C(=O)OC1=O. The Hall–Kier alpha value is -1.49. The van der Waals surface area contributed by atoms with Gasteiger partial charge in [-0.1, -0.05) is 0 Å². The molecule has 5 heteroatoms. The summed E-state index contributed by atoms with van der Waals surface area (Å²) in [4.78, 5) is 32.8. The first kappa shape index (κ1) is 10.6. The molecule has 5 nitrogen and oxygen atoms in total. The first-order valence-electron chi connectivity index (χ1n) is 4.24. The zero-order chi connectivity index (χ0) is 10.7. The topological polar surface area (TPSA) is 86.5 Å². The number of hydrogen-bond acceptors (Lipinski definition) is 5. The molecule has 0 saturated heterocycles. The Labute approximate surface area is 80.9 Å². The van der Waals surface area contributed by atoms with Crippen molar-refractivity contribution in [1.82, 2.24) is 0 Å². The van der Waals surface area contributed by atoms with Gasteiger partial charge in [-0.05, 0) is 13.3 Å². The summed E-state index contributed by atoms with van der Waals surface area (Å²) in [6.07, 6.45) is 0.401. The van der Waals surface area contributed by atoms with E-state index in [9.17, 15) is 14.4 Å². The molecule has 0 radical (unpaired) electrons. The van der Waals surface area contributed by atoms with Gasteiger partial charge in [0.25, 0.3) is 0 Å². The molecule has 76 valence electrons. The van der Waals surface area contributed by atoms with Gasteiger partial charge >= 0.3 is 11.9 Å². The summed E-state index contributed by atoms with van der Waals surface area (Å²) in [6, 6.07) is 0. The summed E-state index contributed by atoms with van der Waals surface area (Å²) in [7, 11) is 0. The van der Waals surface area contributed by atoms with E-state index in [1.165, 1.54) is 6.92 Å². The van der Waals surface area contributed by atoms with E-state index in [-0.39, 0.29) is 30.7 Å². The maximum atomic E-state index is 11.1. The van der Waals surface area contributed by atoms with Crippen LogP contribution >= 0.6 is 0 Å². The average Bonchev–Trinajstić information content (AvgIpc) is 2.39. The molecule has 0 aliphatic carbocycles. The molecule has 0 aromatic carbocycles. The third-order valence-corrected chi connectivity index (χ3v) is 2.07. The number of cyclic esters (lactones) is 2. The van der Waals surface area contributed by atoms with Crippen molar-refractivity contribution in [3.05, 3.63) is 11.1 Å². The van der Waals surface area contributed by atoms with Gasteiger partial charge in [0.1, 0.15) is 5.78 Å². The lowest BCUT2D eigenvalue weighted by molar-refractivity contribution is -0.151. The Morgan fingerprint density at radius 1 is 1.36 bits per heavy atom. The molecule has 0 aromatic heterocycles. The molecule has 1 rings (SSSR count). The van der Waals surface area contributed by atoms with Crippen LogP contribution in [-0.2, 0) is 19.1 Å². The fraction of sp³-hybridized carbons (Fsp3) is 0.444. The lowest BCUT2D eigenvalue weighted by Gasteiger charge is -1.97. The van der Waals surface area contributed by atoms with E-state index in [1.807, 2.05) is 0 Å². The third kappa shape index (κ3) is 2.05. The van der Waals surface area contributed by atoms with Gasteiger partial charge in [0.15, 0.2) is 0 Å². The van der Waals surface area contributed by atoms with Crippen LogP contribution in [0, 0.1) is 0 Å². The summed E-state index contributed by atoms with van der Waals surface area (Å²) >= 11 is 0. The number of rotatable bonds is 4. The van der Waals surface area contributed by atoms with Crippen LogP contribution < -0.4 is 5.73 Å². The van der Waals surface area contributed by atoms with Crippen molar-refractivity contribution in [3.8, 4) is 0 Å². The molecule has 0 amide bonds. The van der Waals surface area contributed by atoms with Crippen LogP contribution in [0.25, 0.3) is 0 Å². The third-order valence-electron chi connectivity index (χ3n) is 2.07. The Morgan fingerprint density at radius 3 is 2.43 bits per heavy atom. The van der Waals surface area contributed by atoms with Crippen molar-refractivity contribution in [2.24, 2.45) is 5.73 Å². The summed E-state index contributed by atoms with van der Waals surface area (Å²) in [5.74, 6) is -1.40. The average molecular weight is 197 g/mol. The van der Waals surface area contributed by atoms with Gasteiger partial charge < -0.3 is 10.5 Å². The molecule has 1 aliphatic heterocycles. The lowest BCUT2D eigenvalue weighted by Crippen LogP contribution is -2.13. The van der Waals surface area contributed by atoms with Crippen LogP contribution in [0.5, 0.6) is 0 Å². The first-order valence-corrected chi connectivity index (χ1v) is 4.24. The predicted molar refractivity (Wildman–Crippen MR) is 47.1 cm³/mol. The van der Waals surface area contributed by atoms with Crippen LogP contribution in [0.4, 0.5) is 0 Å². The normalized spacial score (nSPS) is 16.1. The Bertz CT molecular complexity index is 330. The minimum absolute atomic E-state index is 0.0463. The highest BCUT2D eigenvalue weighted by Gasteiger charge is 2.29. The molecule has 1 heterocycles. The number of hydrogen-bond donors (Lipinski definition) is 1. The number of ether oxygens (including phenoxy) is 1. The van der Waals surface area contributed by atoms with Gasteiger partial charge in [-0.2, -0.15) is 0 Å². The standard InChI is InChI=1S/C9H11NO4/c1-5-7(3-2-6(11)4-10)9(13)14-8(5)12/h2-4,10H2,1H3. The minimum Gasteiger partial charge on any atom is -0.386 e. The largest absolute Gasteiger partial charge is 0.386 e. The number of ketones is 1. The van der Waals surface area contributed by atoms with E-state index in [4.69, 9.17) is 5.73 Å². The molecule has 0 atom stereocenters. The van der Waals surface area contributed by atoms with Gasteiger partial charge in [-0.25, -0.2) is 9.59 Å². The molecule has 0 unspecified atom stereocenters. The molecule has 14 heavy (non-hydrogen) atoms. The molecular formula is C9H11NO4. The van der Waals surface area contributed by atoms with E-state index < -0.39 is 11.9 Å². The predicted octanol–water partition coefficient (Wildman–Crippen LogP) is -0.306. The molecule has 0 bridgehead atoms. The van der Waals surface area contributed by atoms with Crippen molar-refractivity contribution in [1.29, 1.82) is 0 Å². The number of Topliss-reactive ketones (excluding diaryl/α,β-unsaturated/α-hetero) is 1. The second-order valence-corrected chi connectivity index (χ2v) is 3.02. The van der Waals surface area contributed by atoms with Gasteiger partial charge in [0.05, 0.1) is 6.54 Å². The van der Waals surface area contributed by atoms with Gasteiger partial charge in [-0.15, -0.1) is 0 Å². The number of esters is 2. The highest BCUT2D eigenvalue weighted by Crippen LogP contribution is 2.20. The summed E-state index contributed by atoms with van der Waals surface area (Å²) < 4.78 is 4.36. The molecule has 0 aromatic rings. The summed E-state index contributed by atoms with van der Waals surface area (Å²) in [5, 5.41) is 0. The van der Waals surface area contributed by atoms with Gasteiger partial charge in [0.2, 0.25) is 0 Å². The van der Waals surface area contributed by atoms with E-state index in [1.54, 1.807) is 0 Å². The van der Waals surface area contributed by atoms with Crippen molar-refractivity contribution in [3.63, 3.8) is 0 Å². The second kappa shape index (κ2) is 4.15. The molecular weight excluding hydrogens is 186 g/mol. The van der Waals surface area contributed by atoms with Crippen molar-refractivity contribution >= 4 is 17.7 Å². The lowest BCUT2D eigenvalue weighted by atomic mass is 10.0. The fourth-order valence-corrected chi connectivity index (χ4v) is 1.15. The van der Waals surface area contributed by atoms with Crippen molar-refractivity contribution in [2.45, 2.75) is 19.8 Å². The molecule has 1 aliphatic rings. The van der Waals surface area contributed by atoms with Crippen LogP contribution in [0.1, 0.15) is 19.8 Å². The Kier molecular flexibility index (Phi) is 3.14. The zero-order valence-electron chi connectivity index (χ0n) is 7.83. The summed E-state index contributed by atoms with van der Waals surface area (Å²) in [6.45, 7) is 1.46. The second-order valence-electron chi connectivity index (χ2n) is 3.02. The quantitative estimate of drug-likeness (QED) is 0.493. The fourth-order valence-electron chi connectivity index (χ4n) is 1.15. The van der Waals surface area contributed by atoms with Crippen LogP contribution in [0.15, 0.2) is 11.1 Å². The van der Waals surface area contributed by atoms with E-state index >= 15 is 0 Å².